The van der Waals surface area contributed by atoms with E-state index in [4.69, 9.17) is 5.11 Å². The van der Waals surface area contributed by atoms with Crippen molar-refractivity contribution in [2.45, 2.75) is 0 Å². The van der Waals surface area contributed by atoms with Gasteiger partial charge in [-0.1, -0.05) is 18.2 Å². The van der Waals surface area contributed by atoms with Crippen LogP contribution in [0.5, 0.6) is 0 Å². The van der Waals surface area contributed by atoms with Gasteiger partial charge in [-0.25, -0.2) is 4.98 Å². The van der Waals surface area contributed by atoms with E-state index in [-0.39, 0.29) is 18.8 Å². The summed E-state index contributed by atoms with van der Waals surface area (Å²) >= 11 is 0. The number of aromatic nitrogens is 1. The fourth-order valence-corrected chi connectivity index (χ4v) is 1.64. The molecule has 0 saturated carbocycles. The van der Waals surface area contributed by atoms with Gasteiger partial charge in [-0.2, -0.15) is 0 Å². The van der Waals surface area contributed by atoms with E-state index in [1.54, 1.807) is 18.2 Å². The number of nitrogens with one attached hydrogen (secondary N) is 1. The lowest BCUT2D eigenvalue weighted by atomic mass is 10.1. The third-order valence-electron chi connectivity index (χ3n) is 2.37. The molecule has 2 rings (SSSR count). The predicted octanol–water partition coefficient (Wildman–Crippen LogP) is 1.55. The van der Waals surface area contributed by atoms with Crippen LogP contribution in [0.15, 0.2) is 30.5 Å². The summed E-state index contributed by atoms with van der Waals surface area (Å²) in [4.78, 5) is 14.4. The van der Waals surface area contributed by atoms with Gasteiger partial charge in [-0.3, -0.25) is 10.1 Å². The lowest BCUT2D eigenvalue weighted by Gasteiger charge is -2.08. The summed E-state index contributed by atoms with van der Waals surface area (Å²) in [5.74, 6) is 0. The third-order valence-corrected chi connectivity index (χ3v) is 2.37. The SMILES string of the molecule is O=[N+]([O-])c1cnc2ccccc2c1NCCO. The second-order valence-corrected chi connectivity index (χ2v) is 3.44. The molecule has 0 saturated heterocycles. The van der Waals surface area contributed by atoms with Crippen LogP contribution in [0.3, 0.4) is 0 Å². The molecule has 6 heteroatoms. The Morgan fingerprint density at radius 1 is 1.41 bits per heavy atom. The normalized spacial score (nSPS) is 10.4. The van der Waals surface area contributed by atoms with Crippen LogP contribution >= 0.6 is 0 Å². The number of nitrogens with zero attached hydrogens (tertiary/aromatic N) is 2. The number of aliphatic hydroxyl groups excluding tert-OH is 1. The zero-order valence-corrected chi connectivity index (χ0v) is 8.96. The minimum atomic E-state index is -0.487. The highest BCUT2D eigenvalue weighted by atomic mass is 16.6. The Labute approximate surface area is 97.1 Å². The first-order valence-electron chi connectivity index (χ1n) is 5.11. The molecule has 0 bridgehead atoms. The fourth-order valence-electron chi connectivity index (χ4n) is 1.64. The second-order valence-electron chi connectivity index (χ2n) is 3.44. The molecule has 0 amide bonds. The van der Waals surface area contributed by atoms with Gasteiger partial charge < -0.3 is 10.4 Å². The minimum Gasteiger partial charge on any atom is -0.395 e. The molecule has 1 aromatic heterocycles. The van der Waals surface area contributed by atoms with E-state index in [0.717, 1.165) is 0 Å². The number of rotatable bonds is 4. The first-order valence-corrected chi connectivity index (χ1v) is 5.11. The number of anilines is 1. The van der Waals surface area contributed by atoms with Crippen LogP contribution < -0.4 is 5.32 Å². The third kappa shape index (κ3) is 2.16. The summed E-state index contributed by atoms with van der Waals surface area (Å²) in [6, 6.07) is 7.15. The van der Waals surface area contributed by atoms with Crippen LogP contribution in [0, 0.1) is 10.1 Å². The van der Waals surface area contributed by atoms with Crippen LogP contribution in [0.4, 0.5) is 11.4 Å². The van der Waals surface area contributed by atoms with Gasteiger partial charge in [-0.15, -0.1) is 0 Å². The Morgan fingerprint density at radius 3 is 2.88 bits per heavy atom. The largest absolute Gasteiger partial charge is 0.395 e. The molecule has 1 aromatic carbocycles. The van der Waals surface area contributed by atoms with E-state index in [9.17, 15) is 10.1 Å². The predicted molar refractivity (Wildman–Crippen MR) is 64.0 cm³/mol. The smallest absolute Gasteiger partial charge is 0.311 e. The first-order chi connectivity index (χ1) is 8.24. The van der Waals surface area contributed by atoms with Crippen molar-refractivity contribution in [3.63, 3.8) is 0 Å². The Bertz CT molecular complexity index is 557. The lowest BCUT2D eigenvalue weighted by Crippen LogP contribution is -2.08. The highest BCUT2D eigenvalue weighted by molar-refractivity contribution is 5.95. The average molecular weight is 233 g/mol. The topological polar surface area (TPSA) is 88.3 Å². The molecule has 6 nitrogen and oxygen atoms in total. The van der Waals surface area contributed by atoms with Gasteiger partial charge in [0.15, 0.2) is 0 Å². The molecule has 0 aliphatic rings. The van der Waals surface area contributed by atoms with Gasteiger partial charge in [0.1, 0.15) is 11.9 Å². The molecule has 0 spiro atoms. The van der Waals surface area contributed by atoms with Gasteiger partial charge >= 0.3 is 5.69 Å². The van der Waals surface area contributed by atoms with Crippen molar-refractivity contribution in [1.82, 2.24) is 4.98 Å². The Morgan fingerprint density at radius 2 is 2.18 bits per heavy atom. The Kier molecular flexibility index (Phi) is 3.15. The van der Waals surface area contributed by atoms with Crippen LogP contribution in [0.2, 0.25) is 0 Å². The van der Waals surface area contributed by atoms with E-state index in [2.05, 4.69) is 10.3 Å². The highest BCUT2D eigenvalue weighted by Crippen LogP contribution is 2.30. The van der Waals surface area contributed by atoms with Crippen LogP contribution in [-0.2, 0) is 0 Å². The molecule has 1 heterocycles. The van der Waals surface area contributed by atoms with Gasteiger partial charge in [-0.05, 0) is 6.07 Å². The number of hydrogen-bond donors (Lipinski definition) is 2. The van der Waals surface area contributed by atoms with Gasteiger partial charge in [0.25, 0.3) is 0 Å². The standard InChI is InChI=1S/C11H11N3O3/c15-6-5-12-11-8-3-1-2-4-9(8)13-7-10(11)14(16)17/h1-4,7,15H,5-6H2,(H,12,13). The van der Waals surface area contributed by atoms with E-state index < -0.39 is 4.92 Å². The summed E-state index contributed by atoms with van der Waals surface area (Å²) in [6.45, 7) is 0.169. The van der Waals surface area contributed by atoms with E-state index in [1.165, 1.54) is 6.20 Å². The Balaban J connectivity index is 2.61. The quantitative estimate of drug-likeness (QED) is 0.617. The van der Waals surface area contributed by atoms with Crippen LogP contribution in [-0.4, -0.2) is 28.2 Å². The maximum atomic E-state index is 10.9. The average Bonchev–Trinajstić information content (AvgIpc) is 2.35. The molecular formula is C11H11N3O3. The van der Waals surface area contributed by atoms with Crippen molar-refractivity contribution in [3.05, 3.63) is 40.6 Å². The molecule has 0 aliphatic heterocycles. The molecule has 0 fully saturated rings. The Hall–Kier alpha value is -2.21. The van der Waals surface area contributed by atoms with Crippen LogP contribution in [0.25, 0.3) is 10.9 Å². The number of pyridine rings is 1. The van der Waals surface area contributed by atoms with Crippen molar-refractivity contribution in [3.8, 4) is 0 Å². The zero-order chi connectivity index (χ0) is 12.3. The zero-order valence-electron chi connectivity index (χ0n) is 8.96. The summed E-state index contributed by atoms with van der Waals surface area (Å²) in [5.41, 5.74) is 0.991. The van der Waals surface area contributed by atoms with Crippen molar-refractivity contribution >= 4 is 22.3 Å². The van der Waals surface area contributed by atoms with Crippen molar-refractivity contribution in [1.29, 1.82) is 0 Å². The lowest BCUT2D eigenvalue weighted by molar-refractivity contribution is -0.384. The second kappa shape index (κ2) is 4.75. The van der Waals surface area contributed by atoms with Crippen LogP contribution in [0.1, 0.15) is 0 Å². The highest BCUT2D eigenvalue weighted by Gasteiger charge is 2.17. The number of aliphatic hydroxyl groups is 1. The molecule has 2 aromatic rings. The maximum absolute atomic E-state index is 10.9. The number of hydrogen-bond acceptors (Lipinski definition) is 5. The molecule has 2 N–H and O–H groups in total. The summed E-state index contributed by atoms with van der Waals surface area (Å²) in [7, 11) is 0. The minimum absolute atomic E-state index is 0.0860. The molecular weight excluding hydrogens is 222 g/mol. The molecule has 0 atom stereocenters. The van der Waals surface area contributed by atoms with Crippen molar-refractivity contribution in [2.24, 2.45) is 0 Å². The molecule has 0 aliphatic carbocycles. The van der Waals surface area contributed by atoms with Gasteiger partial charge in [0.05, 0.1) is 17.0 Å². The first kappa shape index (κ1) is 11.3. The van der Waals surface area contributed by atoms with E-state index in [1.807, 2.05) is 6.07 Å². The molecule has 88 valence electrons. The monoisotopic (exact) mass is 233 g/mol. The van der Waals surface area contributed by atoms with Gasteiger partial charge in [0.2, 0.25) is 0 Å². The molecule has 0 unspecified atom stereocenters. The summed E-state index contributed by atoms with van der Waals surface area (Å²) < 4.78 is 0. The molecule has 17 heavy (non-hydrogen) atoms. The van der Waals surface area contributed by atoms with Gasteiger partial charge in [0, 0.05) is 11.9 Å². The number of para-hydroxylation sites is 1. The van der Waals surface area contributed by atoms with Crippen molar-refractivity contribution in [2.75, 3.05) is 18.5 Å². The van der Waals surface area contributed by atoms with Crippen molar-refractivity contribution < 1.29 is 10.0 Å². The van der Waals surface area contributed by atoms with E-state index >= 15 is 0 Å². The fraction of sp³-hybridized carbons (Fsp3) is 0.182. The van der Waals surface area contributed by atoms with E-state index in [0.29, 0.717) is 16.6 Å². The number of nitro groups is 1. The number of benzene rings is 1. The maximum Gasteiger partial charge on any atom is 0.311 e. The summed E-state index contributed by atoms with van der Waals surface area (Å²) in [6.07, 6.45) is 1.22. The molecule has 0 radical (unpaired) electrons. The number of fused-ring (bicyclic) bond motifs is 1. The summed E-state index contributed by atoms with van der Waals surface area (Å²) in [5, 5.41) is 23.2.